The maximum absolute atomic E-state index is 12.8. The highest BCUT2D eigenvalue weighted by Gasteiger charge is 2.27. The Morgan fingerprint density at radius 3 is 2.77 bits per heavy atom. The van der Waals surface area contributed by atoms with Gasteiger partial charge in [-0.2, -0.15) is 10.4 Å². The fourth-order valence-corrected chi connectivity index (χ4v) is 3.78. The van der Waals surface area contributed by atoms with Crippen molar-refractivity contribution >= 4 is 17.7 Å². The van der Waals surface area contributed by atoms with E-state index in [4.69, 9.17) is 0 Å². The van der Waals surface area contributed by atoms with E-state index in [2.05, 4.69) is 16.3 Å². The van der Waals surface area contributed by atoms with E-state index in [0.29, 0.717) is 29.6 Å². The van der Waals surface area contributed by atoms with Gasteiger partial charge in [-0.1, -0.05) is 0 Å². The number of nitrogens with one attached hydrogen (secondary N) is 1. The molecule has 1 N–H and O–H groups in total. The third-order valence-electron chi connectivity index (χ3n) is 4.79. The molecule has 2 aromatic heterocycles. The van der Waals surface area contributed by atoms with Crippen molar-refractivity contribution in [1.29, 1.82) is 5.26 Å². The minimum Gasteiger partial charge on any atom is -0.338 e. The number of piperidine rings is 1. The number of likely N-dealkylation sites (tertiary alicyclic amines) is 1. The van der Waals surface area contributed by atoms with Crippen LogP contribution in [-0.4, -0.2) is 44.9 Å². The van der Waals surface area contributed by atoms with Gasteiger partial charge in [-0.15, -0.1) is 11.8 Å². The Hall–Kier alpha value is -2.53. The number of hydrogen-bond acceptors (Lipinski definition) is 5. The first-order valence-electron chi connectivity index (χ1n) is 8.60. The van der Waals surface area contributed by atoms with E-state index in [0.717, 1.165) is 19.4 Å². The third kappa shape index (κ3) is 3.53. The van der Waals surface area contributed by atoms with Gasteiger partial charge in [0.1, 0.15) is 11.6 Å². The number of aromatic amines is 1. The average Bonchev–Trinajstić information content (AvgIpc) is 3.16. The first-order chi connectivity index (χ1) is 12.6. The summed E-state index contributed by atoms with van der Waals surface area (Å²) in [7, 11) is 0. The van der Waals surface area contributed by atoms with Crippen LogP contribution in [0.5, 0.6) is 0 Å². The molecule has 0 unspecified atom stereocenters. The average molecular weight is 371 g/mol. The van der Waals surface area contributed by atoms with E-state index < -0.39 is 5.56 Å². The molecule has 0 aromatic carbocycles. The normalized spacial score (nSPS) is 15.0. The first-order valence-corrected chi connectivity index (χ1v) is 9.82. The van der Waals surface area contributed by atoms with Crippen molar-refractivity contribution in [3.05, 3.63) is 45.5 Å². The molecule has 136 valence electrons. The van der Waals surface area contributed by atoms with Crippen LogP contribution in [-0.2, 0) is 6.54 Å². The number of amides is 1. The van der Waals surface area contributed by atoms with E-state index in [1.807, 2.05) is 23.9 Å². The van der Waals surface area contributed by atoms with Crippen LogP contribution in [0.15, 0.2) is 28.3 Å². The summed E-state index contributed by atoms with van der Waals surface area (Å²) in [5.74, 6) is 0.0734. The van der Waals surface area contributed by atoms with Crippen molar-refractivity contribution < 1.29 is 4.79 Å². The molecule has 1 aliphatic rings. The first kappa shape index (κ1) is 18.3. The number of pyridine rings is 1. The number of thioether (sulfide) groups is 1. The minimum absolute atomic E-state index is 0.0385. The molecule has 26 heavy (non-hydrogen) atoms. The fourth-order valence-electron chi connectivity index (χ4n) is 3.27. The molecule has 1 aliphatic heterocycles. The van der Waals surface area contributed by atoms with Crippen LogP contribution >= 0.6 is 11.8 Å². The van der Waals surface area contributed by atoms with Gasteiger partial charge in [0, 0.05) is 25.8 Å². The second kappa shape index (κ2) is 7.79. The van der Waals surface area contributed by atoms with E-state index in [1.54, 1.807) is 11.2 Å². The summed E-state index contributed by atoms with van der Waals surface area (Å²) in [4.78, 5) is 29.3. The highest BCUT2D eigenvalue weighted by atomic mass is 32.2. The molecule has 3 heterocycles. The molecule has 1 amide bonds. The van der Waals surface area contributed by atoms with Crippen molar-refractivity contribution in [1.82, 2.24) is 19.7 Å². The van der Waals surface area contributed by atoms with Gasteiger partial charge >= 0.3 is 0 Å². The maximum Gasteiger partial charge on any atom is 0.261 e. The van der Waals surface area contributed by atoms with Crippen molar-refractivity contribution in [2.45, 2.75) is 37.3 Å². The largest absolute Gasteiger partial charge is 0.338 e. The number of aromatic nitrogens is 3. The summed E-state index contributed by atoms with van der Waals surface area (Å²) >= 11 is 1.28. The van der Waals surface area contributed by atoms with Gasteiger partial charge in [0.15, 0.2) is 0 Å². The van der Waals surface area contributed by atoms with E-state index in [-0.39, 0.29) is 11.5 Å². The number of rotatable bonds is 4. The molecule has 0 atom stereocenters. The van der Waals surface area contributed by atoms with Crippen LogP contribution in [0.4, 0.5) is 0 Å². The molecule has 0 bridgehead atoms. The van der Waals surface area contributed by atoms with Crippen LogP contribution in [0, 0.1) is 11.3 Å². The molecule has 0 radical (unpaired) electrons. The number of H-pyrrole nitrogens is 1. The minimum atomic E-state index is -0.440. The lowest BCUT2D eigenvalue weighted by Crippen LogP contribution is -2.40. The number of carbonyl (C=O) groups is 1. The van der Waals surface area contributed by atoms with Crippen LogP contribution in [0.1, 0.15) is 47.2 Å². The Bertz CT molecular complexity index is 903. The van der Waals surface area contributed by atoms with Crippen LogP contribution in [0.2, 0.25) is 0 Å². The van der Waals surface area contributed by atoms with Gasteiger partial charge in [0.05, 0.1) is 16.8 Å². The lowest BCUT2D eigenvalue weighted by Gasteiger charge is -2.31. The summed E-state index contributed by atoms with van der Waals surface area (Å²) in [6.07, 6.45) is 7.42. The highest BCUT2D eigenvalue weighted by molar-refractivity contribution is 7.98. The predicted molar refractivity (Wildman–Crippen MR) is 99.3 cm³/mol. The van der Waals surface area contributed by atoms with Crippen LogP contribution < -0.4 is 5.56 Å². The summed E-state index contributed by atoms with van der Waals surface area (Å²) < 4.78 is 1.91. The molecule has 1 saturated heterocycles. The topological polar surface area (TPSA) is 94.8 Å². The zero-order chi connectivity index (χ0) is 18.7. The highest BCUT2D eigenvalue weighted by Crippen LogP contribution is 2.28. The molecule has 0 saturated carbocycles. The lowest BCUT2D eigenvalue weighted by molar-refractivity contribution is 0.0711. The van der Waals surface area contributed by atoms with Gasteiger partial charge in [-0.25, -0.2) is 0 Å². The summed E-state index contributed by atoms with van der Waals surface area (Å²) in [6, 6.07) is 3.44. The van der Waals surface area contributed by atoms with E-state index >= 15 is 0 Å². The molecule has 8 heteroatoms. The molecular formula is C18H21N5O2S. The number of nitrogens with zero attached hydrogens (tertiary/aromatic N) is 4. The molecule has 0 spiro atoms. The van der Waals surface area contributed by atoms with Crippen molar-refractivity contribution in [3.8, 4) is 6.07 Å². The van der Waals surface area contributed by atoms with Crippen molar-refractivity contribution in [2.24, 2.45) is 0 Å². The van der Waals surface area contributed by atoms with Gasteiger partial charge in [0.2, 0.25) is 0 Å². The fraction of sp³-hybridized carbons (Fsp3) is 0.444. The smallest absolute Gasteiger partial charge is 0.261 e. The molecule has 1 fully saturated rings. The molecule has 7 nitrogen and oxygen atoms in total. The lowest BCUT2D eigenvalue weighted by atomic mass is 9.91. The zero-order valence-corrected chi connectivity index (χ0v) is 15.7. The Labute approximate surface area is 156 Å². The molecule has 0 aliphatic carbocycles. The molecular weight excluding hydrogens is 350 g/mol. The Morgan fingerprint density at radius 2 is 2.19 bits per heavy atom. The number of carbonyl (C=O) groups excluding carboxylic acids is 1. The number of aryl methyl sites for hydroxylation is 1. The Morgan fingerprint density at radius 1 is 1.46 bits per heavy atom. The Kier molecular flexibility index (Phi) is 5.47. The monoisotopic (exact) mass is 371 g/mol. The maximum atomic E-state index is 12.8. The number of hydrogen-bond donors (Lipinski definition) is 1. The van der Waals surface area contributed by atoms with E-state index in [9.17, 15) is 14.9 Å². The predicted octanol–water partition coefficient (Wildman–Crippen LogP) is 2.20. The van der Waals surface area contributed by atoms with Crippen LogP contribution in [0.25, 0.3) is 0 Å². The number of nitriles is 1. The van der Waals surface area contributed by atoms with Gasteiger partial charge in [-0.05, 0) is 43.6 Å². The van der Waals surface area contributed by atoms with Crippen molar-refractivity contribution in [2.75, 3.05) is 19.3 Å². The van der Waals surface area contributed by atoms with Gasteiger partial charge in [0.25, 0.3) is 11.5 Å². The third-order valence-corrected chi connectivity index (χ3v) is 5.52. The van der Waals surface area contributed by atoms with Crippen LogP contribution in [0.3, 0.4) is 0 Å². The quantitative estimate of drug-likeness (QED) is 0.832. The van der Waals surface area contributed by atoms with Gasteiger partial charge < -0.3 is 9.88 Å². The van der Waals surface area contributed by atoms with Gasteiger partial charge in [-0.3, -0.25) is 14.3 Å². The zero-order valence-electron chi connectivity index (χ0n) is 14.9. The second-order valence-electron chi connectivity index (χ2n) is 6.27. The summed E-state index contributed by atoms with van der Waals surface area (Å²) in [6.45, 7) is 4.07. The van der Waals surface area contributed by atoms with Crippen molar-refractivity contribution in [3.63, 3.8) is 0 Å². The molecule has 2 aromatic rings. The standard InChI is InChI=1S/C18H21N5O2S/c1-3-23-11-14(10-20-23)12-4-6-22(7-5-12)18(25)15-8-13(9-19)17(26-2)21-16(15)24/h8,10-12H,3-7H2,1-2H3,(H,21,24). The van der Waals surface area contributed by atoms with E-state index in [1.165, 1.54) is 23.4 Å². The SMILES string of the molecule is CCn1cc(C2CCN(C(=O)c3cc(C#N)c(SC)[nH]c3=O)CC2)cn1. The summed E-state index contributed by atoms with van der Waals surface area (Å²) in [5.41, 5.74) is 1.12. The molecule has 3 rings (SSSR count). The second-order valence-corrected chi connectivity index (χ2v) is 7.08. The Balaban J connectivity index is 1.73. The summed E-state index contributed by atoms with van der Waals surface area (Å²) in [5, 5.41) is 14.0.